The van der Waals surface area contributed by atoms with Crippen LogP contribution in [0.4, 0.5) is 0 Å². The van der Waals surface area contributed by atoms with Gasteiger partial charge in [-0.25, -0.2) is 4.98 Å². The molecule has 11 rings (SSSR count). The van der Waals surface area contributed by atoms with Crippen molar-refractivity contribution < 1.29 is 29.9 Å². The summed E-state index contributed by atoms with van der Waals surface area (Å²) in [6.07, 6.45) is 1.88. The van der Waals surface area contributed by atoms with Gasteiger partial charge in [-0.05, 0) is 35.4 Å². The van der Waals surface area contributed by atoms with Crippen molar-refractivity contribution in [1.82, 2.24) is 19.1 Å². The molecule has 0 saturated carbocycles. The van der Waals surface area contributed by atoms with Crippen molar-refractivity contribution in [2.24, 2.45) is 7.05 Å². The van der Waals surface area contributed by atoms with Gasteiger partial charge in [-0.3, -0.25) is 4.98 Å². The summed E-state index contributed by atoms with van der Waals surface area (Å²) >= 11 is 0. The number of pyridine rings is 1. The molecule has 0 saturated heterocycles. The van der Waals surface area contributed by atoms with Crippen LogP contribution in [-0.2, 0) is 32.9 Å². The van der Waals surface area contributed by atoms with Gasteiger partial charge in [0, 0.05) is 40.4 Å². The maximum absolute atomic E-state index is 6.79. The van der Waals surface area contributed by atoms with Crippen LogP contribution in [0.25, 0.3) is 50.0 Å². The number of hydrogen-bond acceptors (Lipinski definition) is 4. The average Bonchev–Trinajstić information content (AvgIpc) is 3.78. The van der Waals surface area contributed by atoms with E-state index in [1.807, 2.05) is 73.9 Å². The second-order valence-corrected chi connectivity index (χ2v) is 14.0. The molecule has 0 unspecified atom stereocenters. The van der Waals surface area contributed by atoms with Crippen LogP contribution in [0.3, 0.4) is 0 Å². The molecule has 1 aliphatic rings. The quantitative estimate of drug-likeness (QED) is 0.124. The predicted octanol–water partition coefficient (Wildman–Crippen LogP) is 11.6. The third-order valence-electron chi connectivity index (χ3n) is 11.0. The fourth-order valence-electron chi connectivity index (χ4n) is 8.63. The Morgan fingerprint density at radius 3 is 2.04 bits per heavy atom. The van der Waals surface area contributed by atoms with Crippen molar-refractivity contribution in [2.45, 2.75) is 5.41 Å². The Bertz CT molecular complexity index is 3080. The Morgan fingerprint density at radius 1 is 0.614 bits per heavy atom. The molecule has 0 fully saturated rings. The van der Waals surface area contributed by atoms with Gasteiger partial charge in [0.1, 0.15) is 11.4 Å². The molecule has 3 aromatic heterocycles. The van der Waals surface area contributed by atoms with E-state index in [1.54, 1.807) is 0 Å². The van der Waals surface area contributed by atoms with E-state index < -0.39 is 5.41 Å². The fourth-order valence-corrected chi connectivity index (χ4v) is 8.63. The molecule has 7 aromatic carbocycles. The van der Waals surface area contributed by atoms with E-state index in [4.69, 9.17) is 19.4 Å². The topological polar surface area (TPSA) is 54.1 Å². The third kappa shape index (κ3) is 5.35. The number of para-hydroxylation sites is 4. The largest absolute Gasteiger partial charge is 2.00 e. The first-order valence-corrected chi connectivity index (χ1v) is 18.6. The summed E-state index contributed by atoms with van der Waals surface area (Å²) in [6, 6.07) is 65.4. The minimum Gasteiger partial charge on any atom is -0.503 e. The molecule has 57 heavy (non-hydrogen) atoms. The molecule has 7 heteroatoms. The molecule has 10 aromatic rings. The van der Waals surface area contributed by atoms with E-state index in [-0.39, 0.29) is 20.4 Å². The SMILES string of the molecule is Cn1c(-c2[c-]c(Oc3[c-]c(-n4c5ccccc5c5c6c(cnc54)Oc4ccccc4C6(c4ccccc4)c4ccccc4)ccc3)ccc2)nc2ccccc21.[Pd+2]. The maximum Gasteiger partial charge on any atom is 2.00 e. The zero-order valence-electron chi connectivity index (χ0n) is 30.7. The number of nitrogens with zero attached hydrogens (tertiary/aromatic N) is 4. The van der Waals surface area contributed by atoms with Crippen molar-refractivity contribution in [3.05, 3.63) is 210 Å². The second kappa shape index (κ2) is 13.8. The van der Waals surface area contributed by atoms with E-state index in [2.05, 4.69) is 130 Å². The van der Waals surface area contributed by atoms with E-state index in [0.717, 1.165) is 83.8 Å². The second-order valence-electron chi connectivity index (χ2n) is 14.0. The van der Waals surface area contributed by atoms with Gasteiger partial charge in [-0.2, -0.15) is 6.07 Å². The minimum absolute atomic E-state index is 0. The van der Waals surface area contributed by atoms with Gasteiger partial charge in [-0.1, -0.05) is 121 Å². The first-order valence-electron chi connectivity index (χ1n) is 18.6. The zero-order valence-corrected chi connectivity index (χ0v) is 32.2. The molecule has 0 amide bonds. The van der Waals surface area contributed by atoms with Crippen LogP contribution < -0.4 is 9.47 Å². The summed E-state index contributed by atoms with van der Waals surface area (Å²) in [5.41, 5.74) is 9.15. The fraction of sp³-hybridized carbons (Fsp3) is 0.0400. The summed E-state index contributed by atoms with van der Waals surface area (Å²) in [7, 11) is 2.02. The summed E-state index contributed by atoms with van der Waals surface area (Å²) in [5.74, 6) is 3.49. The molecule has 1 aliphatic heterocycles. The number of aryl methyl sites for hydroxylation is 1. The Morgan fingerprint density at radius 2 is 1.26 bits per heavy atom. The average molecular weight is 827 g/mol. The van der Waals surface area contributed by atoms with Crippen LogP contribution in [0.2, 0.25) is 0 Å². The first-order chi connectivity index (χ1) is 27.7. The zero-order chi connectivity index (χ0) is 37.2. The third-order valence-corrected chi connectivity index (χ3v) is 11.0. The Kier molecular flexibility index (Phi) is 8.37. The molecular formula is C50H32N4O2Pd. The summed E-state index contributed by atoms with van der Waals surface area (Å²) in [6.45, 7) is 0. The van der Waals surface area contributed by atoms with E-state index >= 15 is 0 Å². The Balaban J connectivity index is 0.00000396. The van der Waals surface area contributed by atoms with Crippen LogP contribution in [0, 0.1) is 12.1 Å². The van der Waals surface area contributed by atoms with Gasteiger partial charge in [0.05, 0.1) is 34.0 Å². The molecule has 0 atom stereocenters. The van der Waals surface area contributed by atoms with Crippen LogP contribution in [0.15, 0.2) is 176 Å². The summed E-state index contributed by atoms with van der Waals surface area (Å²) < 4.78 is 17.5. The number of aromatic nitrogens is 4. The molecule has 0 bridgehead atoms. The standard InChI is InChI=1S/C50H32N4O2.Pd/c1-53-43-28-12-10-26-41(43)52-48(53)33-16-14-22-37(30-33)55-38-23-15-21-36(31-38)54-42-27-11-8-24-39(42)46-47-45(32-51-49(46)54)56-44-29-13-9-25-40(44)50(47,34-17-4-2-5-18-34)35-19-6-3-7-20-35;/h2-29,32H,1H3;/q-2;+2. The van der Waals surface area contributed by atoms with Gasteiger partial charge in [0.25, 0.3) is 0 Å². The molecule has 6 nitrogen and oxygen atoms in total. The van der Waals surface area contributed by atoms with Crippen molar-refractivity contribution in [2.75, 3.05) is 0 Å². The number of benzene rings is 7. The minimum atomic E-state index is -0.711. The van der Waals surface area contributed by atoms with Gasteiger partial charge in [0.2, 0.25) is 0 Å². The van der Waals surface area contributed by atoms with Crippen LogP contribution in [0.5, 0.6) is 23.0 Å². The molecule has 0 aliphatic carbocycles. The number of hydrogen-bond donors (Lipinski definition) is 0. The first kappa shape index (κ1) is 34.7. The number of ether oxygens (including phenoxy) is 2. The van der Waals surface area contributed by atoms with E-state index in [1.165, 1.54) is 0 Å². The Hall–Kier alpha value is -6.78. The maximum atomic E-state index is 6.79. The van der Waals surface area contributed by atoms with E-state index in [0.29, 0.717) is 11.5 Å². The molecule has 274 valence electrons. The predicted molar refractivity (Wildman–Crippen MR) is 221 cm³/mol. The van der Waals surface area contributed by atoms with Gasteiger partial charge in [0.15, 0.2) is 5.75 Å². The van der Waals surface area contributed by atoms with Crippen molar-refractivity contribution in [1.29, 1.82) is 0 Å². The molecule has 0 N–H and O–H groups in total. The number of fused-ring (bicyclic) bond motifs is 7. The van der Waals surface area contributed by atoms with Gasteiger partial charge >= 0.3 is 20.4 Å². The molecule has 4 heterocycles. The van der Waals surface area contributed by atoms with Crippen LogP contribution in [-0.4, -0.2) is 19.1 Å². The van der Waals surface area contributed by atoms with Gasteiger partial charge < -0.3 is 18.6 Å². The van der Waals surface area contributed by atoms with Crippen LogP contribution in [0.1, 0.15) is 22.3 Å². The molecule has 0 spiro atoms. The number of imidazole rings is 1. The smallest absolute Gasteiger partial charge is 0.503 e. The van der Waals surface area contributed by atoms with E-state index in [9.17, 15) is 0 Å². The van der Waals surface area contributed by atoms with Gasteiger partial charge in [-0.15, -0.1) is 42.0 Å². The molecular weight excluding hydrogens is 795 g/mol. The monoisotopic (exact) mass is 826 g/mol. The Labute approximate surface area is 343 Å². The van der Waals surface area contributed by atoms with Crippen LogP contribution >= 0.6 is 0 Å². The van der Waals surface area contributed by atoms with Crippen molar-refractivity contribution >= 4 is 33.0 Å². The van der Waals surface area contributed by atoms with Crippen molar-refractivity contribution in [3.8, 4) is 40.1 Å². The molecule has 0 radical (unpaired) electrons. The number of rotatable bonds is 6. The van der Waals surface area contributed by atoms with Crippen molar-refractivity contribution in [3.63, 3.8) is 0 Å². The summed E-state index contributed by atoms with van der Waals surface area (Å²) in [5, 5.41) is 2.08. The summed E-state index contributed by atoms with van der Waals surface area (Å²) in [4.78, 5) is 10.1. The normalized spacial score (nSPS) is 12.8.